The number of hydrogen-bond acceptors (Lipinski definition) is 7. The van der Waals surface area contributed by atoms with Crippen LogP contribution in [0.1, 0.15) is 65.7 Å². The molecule has 4 rings (SSSR count). The third-order valence-electron chi connectivity index (χ3n) is 9.70. The highest BCUT2D eigenvalue weighted by atomic mass is 32.2. The van der Waals surface area contributed by atoms with Crippen molar-refractivity contribution >= 4 is 35.2 Å². The molecule has 35 heavy (non-hydrogen) atoms. The number of thioether (sulfide) groups is 1. The second kappa shape index (κ2) is 9.30. The molecular weight excluding hydrogens is 470 g/mol. The summed E-state index contributed by atoms with van der Waals surface area (Å²) in [5.74, 6) is -1.56. The summed E-state index contributed by atoms with van der Waals surface area (Å²) in [6, 6.07) is -1.10. The number of Topliss-reactive ketones (excluding diaryl/α,β-unsaturated/α-hetero) is 1. The van der Waals surface area contributed by atoms with E-state index in [-0.39, 0.29) is 46.2 Å². The van der Waals surface area contributed by atoms with Gasteiger partial charge in [0.2, 0.25) is 5.91 Å². The Morgan fingerprint density at radius 3 is 2.57 bits per heavy atom. The summed E-state index contributed by atoms with van der Waals surface area (Å²) in [5, 5.41) is 34.9. The maximum atomic E-state index is 13.4. The minimum atomic E-state index is -1.58. The van der Waals surface area contributed by atoms with Crippen LogP contribution in [0.2, 0.25) is 0 Å². The molecule has 4 aliphatic carbocycles. The fourth-order valence-corrected chi connectivity index (χ4v) is 8.96. The van der Waals surface area contributed by atoms with E-state index >= 15 is 0 Å². The molecule has 8 nitrogen and oxygen atoms in total. The van der Waals surface area contributed by atoms with Crippen LogP contribution in [-0.2, 0) is 19.2 Å². The Hall–Kier alpha value is -1.71. The van der Waals surface area contributed by atoms with Crippen molar-refractivity contribution in [3.63, 3.8) is 0 Å². The molecule has 0 aromatic heterocycles. The van der Waals surface area contributed by atoms with Gasteiger partial charge in [-0.25, -0.2) is 4.79 Å². The molecule has 0 bridgehead atoms. The van der Waals surface area contributed by atoms with Crippen molar-refractivity contribution < 1.29 is 34.5 Å². The van der Waals surface area contributed by atoms with Gasteiger partial charge in [0.1, 0.15) is 11.6 Å². The molecule has 1 amide bonds. The monoisotopic (exact) mass is 507 g/mol. The second-order valence-corrected chi connectivity index (χ2v) is 12.5. The molecule has 194 valence electrons. The van der Waals surface area contributed by atoms with Gasteiger partial charge >= 0.3 is 5.97 Å². The summed E-state index contributed by atoms with van der Waals surface area (Å²) in [7, 11) is 0. The topological polar surface area (TPSA) is 141 Å². The number of ketones is 2. The number of carbonyl (C=O) groups excluding carboxylic acids is 3. The van der Waals surface area contributed by atoms with E-state index in [1.807, 2.05) is 6.92 Å². The lowest BCUT2D eigenvalue weighted by Gasteiger charge is -2.60. The molecule has 8 atom stereocenters. The average Bonchev–Trinajstić information content (AvgIpc) is 3.04. The molecule has 4 N–H and O–H groups in total. The molecule has 1 unspecified atom stereocenters. The molecule has 0 aromatic carbocycles. The molecule has 0 saturated heterocycles. The van der Waals surface area contributed by atoms with E-state index in [1.54, 1.807) is 6.08 Å². The van der Waals surface area contributed by atoms with E-state index in [2.05, 4.69) is 12.2 Å². The van der Waals surface area contributed by atoms with E-state index in [1.165, 1.54) is 6.92 Å². The van der Waals surface area contributed by atoms with Gasteiger partial charge in [-0.1, -0.05) is 19.4 Å². The predicted molar refractivity (Wildman–Crippen MR) is 131 cm³/mol. The number of carboxylic acids is 1. The number of hydrogen-bond donors (Lipinski definition) is 4. The van der Waals surface area contributed by atoms with Crippen molar-refractivity contribution in [3.05, 3.63) is 11.6 Å². The number of carboxylic acid groups (broad SMARTS) is 1. The van der Waals surface area contributed by atoms with Crippen LogP contribution in [0.3, 0.4) is 0 Å². The predicted octanol–water partition coefficient (Wildman–Crippen LogP) is 2.11. The van der Waals surface area contributed by atoms with Gasteiger partial charge in [0.25, 0.3) is 0 Å². The molecule has 0 spiro atoms. The normalized spacial score (nSPS) is 41.2. The van der Waals surface area contributed by atoms with Crippen LogP contribution < -0.4 is 5.32 Å². The number of nitrogens with one attached hydrogen (secondary N) is 1. The summed E-state index contributed by atoms with van der Waals surface area (Å²) in [6.07, 6.45) is 5.35. The third kappa shape index (κ3) is 4.27. The van der Waals surface area contributed by atoms with Gasteiger partial charge in [-0.05, 0) is 67.8 Å². The van der Waals surface area contributed by atoms with E-state index in [0.717, 1.165) is 36.6 Å². The highest BCUT2D eigenvalue weighted by molar-refractivity contribution is 8.00. The number of aliphatic hydroxyl groups excluding tert-OH is 1. The SMILES string of the molecule is CC(=O)NC(CSCC(=O)[C@@]1(O)CC[C@H]2[C@@H]3CCC4=CC(=O)CC[C@]4(C)[C@H]3[C@@H](O)C[C@@]21C)C(=O)O. The zero-order valence-corrected chi connectivity index (χ0v) is 21.5. The molecular formula is C26H37NO7S. The average molecular weight is 508 g/mol. The lowest BCUT2D eigenvalue weighted by atomic mass is 9.45. The fraction of sp³-hybridized carbons (Fsp3) is 0.769. The summed E-state index contributed by atoms with van der Waals surface area (Å²) in [4.78, 5) is 48.0. The Balaban J connectivity index is 1.50. The van der Waals surface area contributed by atoms with Crippen LogP contribution in [0.15, 0.2) is 11.6 Å². The number of allylic oxidation sites excluding steroid dienone is 1. The van der Waals surface area contributed by atoms with Crippen LogP contribution in [0, 0.1) is 28.6 Å². The Morgan fingerprint density at radius 1 is 1.20 bits per heavy atom. The highest BCUT2D eigenvalue weighted by Crippen LogP contribution is 2.67. The van der Waals surface area contributed by atoms with Crippen molar-refractivity contribution in [2.24, 2.45) is 28.6 Å². The summed E-state index contributed by atoms with van der Waals surface area (Å²) in [6.45, 7) is 5.35. The van der Waals surface area contributed by atoms with E-state index in [4.69, 9.17) is 0 Å². The largest absolute Gasteiger partial charge is 0.480 e. The van der Waals surface area contributed by atoms with E-state index in [9.17, 15) is 34.5 Å². The summed E-state index contributed by atoms with van der Waals surface area (Å²) in [5.41, 5.74) is -1.43. The van der Waals surface area contributed by atoms with Gasteiger partial charge in [0.05, 0.1) is 11.9 Å². The van der Waals surface area contributed by atoms with Gasteiger partial charge in [0.15, 0.2) is 11.6 Å². The molecule has 9 heteroatoms. The van der Waals surface area contributed by atoms with Gasteiger partial charge in [-0.15, -0.1) is 0 Å². The van der Waals surface area contributed by atoms with Crippen molar-refractivity contribution in [2.45, 2.75) is 83.5 Å². The molecule has 0 aliphatic heterocycles. The first-order valence-electron chi connectivity index (χ1n) is 12.6. The first-order chi connectivity index (χ1) is 16.3. The van der Waals surface area contributed by atoms with Crippen LogP contribution in [0.4, 0.5) is 0 Å². The van der Waals surface area contributed by atoms with Crippen molar-refractivity contribution in [3.8, 4) is 0 Å². The lowest BCUT2D eigenvalue weighted by molar-refractivity contribution is -0.178. The van der Waals surface area contributed by atoms with Gasteiger partial charge < -0.3 is 20.6 Å². The van der Waals surface area contributed by atoms with Crippen LogP contribution in [0.5, 0.6) is 0 Å². The first kappa shape index (κ1) is 26.4. The molecule has 3 fully saturated rings. The van der Waals surface area contributed by atoms with Crippen molar-refractivity contribution in [1.82, 2.24) is 5.32 Å². The molecule has 0 heterocycles. The van der Waals surface area contributed by atoms with Gasteiger partial charge in [0, 0.05) is 24.5 Å². The summed E-state index contributed by atoms with van der Waals surface area (Å²) >= 11 is 1.09. The molecule has 0 radical (unpaired) electrons. The Bertz CT molecular complexity index is 965. The zero-order valence-electron chi connectivity index (χ0n) is 20.7. The number of aliphatic hydroxyl groups is 2. The number of aliphatic carboxylic acids is 1. The Labute approximate surface area is 210 Å². The highest BCUT2D eigenvalue weighted by Gasteiger charge is 2.68. The smallest absolute Gasteiger partial charge is 0.327 e. The quantitative estimate of drug-likeness (QED) is 0.411. The fourth-order valence-electron chi connectivity index (χ4n) is 7.96. The minimum absolute atomic E-state index is 0.00878. The zero-order chi connectivity index (χ0) is 25.8. The molecule has 3 saturated carbocycles. The van der Waals surface area contributed by atoms with E-state index < -0.39 is 35.0 Å². The minimum Gasteiger partial charge on any atom is -0.480 e. The Morgan fingerprint density at radius 2 is 1.91 bits per heavy atom. The van der Waals surface area contributed by atoms with Gasteiger partial charge in [-0.2, -0.15) is 11.8 Å². The Kier molecular flexibility index (Phi) is 7.01. The van der Waals surface area contributed by atoms with Gasteiger partial charge in [-0.3, -0.25) is 14.4 Å². The number of amides is 1. The van der Waals surface area contributed by atoms with Crippen molar-refractivity contribution in [1.29, 1.82) is 0 Å². The first-order valence-corrected chi connectivity index (χ1v) is 13.7. The maximum absolute atomic E-state index is 13.4. The standard InChI is InChI=1S/C26H37NO7S/c1-14(28)27-19(23(32)33)12-35-13-21(31)26(34)9-7-18-17-5-4-15-10-16(29)6-8-24(15,2)22(17)20(30)11-25(18,26)3/h10,17-20,22,30,34H,4-9,11-13H2,1-3H3,(H,27,28)(H,32,33)/t17-,18-,19?,20-,22+,24-,25-,26-/m0/s1. The van der Waals surface area contributed by atoms with Crippen molar-refractivity contribution in [2.75, 3.05) is 11.5 Å². The van der Waals surface area contributed by atoms with E-state index in [0.29, 0.717) is 25.7 Å². The number of carbonyl (C=O) groups is 4. The second-order valence-electron chi connectivity index (χ2n) is 11.5. The number of fused-ring (bicyclic) bond motifs is 5. The van der Waals surface area contributed by atoms with Crippen LogP contribution >= 0.6 is 11.8 Å². The third-order valence-corrected chi connectivity index (χ3v) is 10.7. The number of rotatable bonds is 7. The molecule has 4 aliphatic rings. The summed E-state index contributed by atoms with van der Waals surface area (Å²) < 4.78 is 0. The lowest BCUT2D eigenvalue weighted by Crippen LogP contribution is -2.62. The van der Waals surface area contributed by atoms with Crippen LogP contribution in [-0.4, -0.2) is 68.0 Å². The van der Waals surface area contributed by atoms with Crippen LogP contribution in [0.25, 0.3) is 0 Å². The maximum Gasteiger partial charge on any atom is 0.327 e. The molecule has 0 aromatic rings.